The molecule has 0 aromatic rings. The van der Waals surface area contributed by atoms with Crippen molar-refractivity contribution in [1.82, 2.24) is 4.90 Å². The molecule has 0 spiro atoms. The first-order chi connectivity index (χ1) is 7.35. The summed E-state index contributed by atoms with van der Waals surface area (Å²) in [6, 6.07) is 0. The molecule has 5 nitrogen and oxygen atoms in total. The molecule has 0 rings (SSSR count). The van der Waals surface area contributed by atoms with Crippen LogP contribution in [0, 0.1) is 0 Å². The van der Waals surface area contributed by atoms with E-state index in [1.165, 1.54) is 0 Å². The number of oxime groups is 1. The highest BCUT2D eigenvalue weighted by Crippen LogP contribution is 2.14. The van der Waals surface area contributed by atoms with Gasteiger partial charge in [0.2, 0.25) is 0 Å². The zero-order valence-electron chi connectivity index (χ0n) is 9.00. The SMILES string of the molecule is CN(CCCOCC(F)(F)F)CC(N)=NO. The molecule has 0 saturated heterocycles. The van der Waals surface area contributed by atoms with Gasteiger partial charge in [-0.25, -0.2) is 0 Å². The average Bonchev–Trinajstić information content (AvgIpc) is 2.15. The number of likely N-dealkylation sites (N-methyl/N-ethyl adjacent to an activating group) is 1. The Balaban J connectivity index is 3.45. The Bertz CT molecular complexity index is 221. The van der Waals surface area contributed by atoms with Gasteiger partial charge in [0, 0.05) is 13.2 Å². The van der Waals surface area contributed by atoms with Crippen molar-refractivity contribution >= 4 is 5.84 Å². The molecule has 0 fully saturated rings. The largest absolute Gasteiger partial charge is 0.411 e. The second-order valence-corrected chi connectivity index (χ2v) is 3.35. The highest BCUT2D eigenvalue weighted by atomic mass is 19.4. The van der Waals surface area contributed by atoms with E-state index in [0.29, 0.717) is 13.0 Å². The summed E-state index contributed by atoms with van der Waals surface area (Å²) in [4.78, 5) is 1.71. The van der Waals surface area contributed by atoms with Gasteiger partial charge < -0.3 is 15.7 Å². The summed E-state index contributed by atoms with van der Waals surface area (Å²) in [6.07, 6.45) is -3.83. The van der Waals surface area contributed by atoms with Gasteiger partial charge in [-0.1, -0.05) is 5.16 Å². The molecule has 16 heavy (non-hydrogen) atoms. The molecule has 0 unspecified atom stereocenters. The van der Waals surface area contributed by atoms with Gasteiger partial charge in [0.1, 0.15) is 6.61 Å². The molecule has 0 amide bonds. The lowest BCUT2D eigenvalue weighted by Crippen LogP contribution is -2.32. The van der Waals surface area contributed by atoms with Gasteiger partial charge in [0.05, 0.1) is 6.54 Å². The van der Waals surface area contributed by atoms with Crippen LogP contribution in [0.2, 0.25) is 0 Å². The summed E-state index contributed by atoms with van der Waals surface area (Å²) in [6.45, 7) is -0.430. The maximum atomic E-state index is 11.7. The predicted octanol–water partition coefficient (Wildman–Crippen LogP) is 0.634. The molecule has 0 saturated carbocycles. The quantitative estimate of drug-likeness (QED) is 0.226. The van der Waals surface area contributed by atoms with Crippen LogP contribution in [-0.4, -0.2) is 55.5 Å². The van der Waals surface area contributed by atoms with Gasteiger partial charge in [-0.3, -0.25) is 4.90 Å². The third kappa shape index (κ3) is 9.53. The smallest absolute Gasteiger partial charge is 0.409 e. The lowest BCUT2D eigenvalue weighted by atomic mass is 10.4. The Kier molecular flexibility index (Phi) is 6.82. The van der Waals surface area contributed by atoms with Crippen LogP contribution in [0.1, 0.15) is 6.42 Å². The van der Waals surface area contributed by atoms with E-state index in [4.69, 9.17) is 10.9 Å². The minimum Gasteiger partial charge on any atom is -0.409 e. The summed E-state index contributed by atoms with van der Waals surface area (Å²) in [5, 5.41) is 11.0. The minimum absolute atomic E-state index is 0.0278. The van der Waals surface area contributed by atoms with Gasteiger partial charge >= 0.3 is 6.18 Å². The second kappa shape index (κ2) is 7.29. The van der Waals surface area contributed by atoms with E-state index in [9.17, 15) is 13.2 Å². The van der Waals surface area contributed by atoms with Crippen molar-refractivity contribution in [2.24, 2.45) is 10.9 Å². The number of ether oxygens (including phenoxy) is 1. The number of nitrogens with two attached hydrogens (primary N) is 1. The van der Waals surface area contributed by atoms with Crippen molar-refractivity contribution in [3.63, 3.8) is 0 Å². The monoisotopic (exact) mass is 243 g/mol. The Labute approximate surface area is 91.6 Å². The standard InChI is InChI=1S/C8H16F3N3O2/c1-14(5-7(12)13-15)3-2-4-16-6-8(9,10)11/h15H,2-6H2,1H3,(H2,12,13). The van der Waals surface area contributed by atoms with E-state index in [-0.39, 0.29) is 19.0 Å². The van der Waals surface area contributed by atoms with E-state index in [2.05, 4.69) is 9.89 Å². The molecule has 0 aromatic heterocycles. The van der Waals surface area contributed by atoms with E-state index in [0.717, 1.165) is 0 Å². The molecule has 0 aliphatic carbocycles. The molecule has 0 radical (unpaired) electrons. The van der Waals surface area contributed by atoms with Gasteiger partial charge in [-0.2, -0.15) is 13.2 Å². The van der Waals surface area contributed by atoms with Crippen molar-refractivity contribution in [2.75, 3.05) is 33.4 Å². The highest BCUT2D eigenvalue weighted by molar-refractivity contribution is 5.81. The normalized spacial score (nSPS) is 13.4. The van der Waals surface area contributed by atoms with Crippen LogP contribution in [0.15, 0.2) is 5.16 Å². The second-order valence-electron chi connectivity index (χ2n) is 3.35. The summed E-state index contributed by atoms with van der Waals surface area (Å²) in [5.41, 5.74) is 5.24. The first kappa shape index (κ1) is 15.0. The third-order valence-corrected chi connectivity index (χ3v) is 1.65. The number of rotatable bonds is 7. The molecule has 96 valence electrons. The Morgan fingerprint density at radius 3 is 2.62 bits per heavy atom. The number of amidine groups is 1. The topological polar surface area (TPSA) is 71.1 Å². The van der Waals surface area contributed by atoms with Gasteiger partial charge in [0.15, 0.2) is 5.84 Å². The lowest BCUT2D eigenvalue weighted by molar-refractivity contribution is -0.174. The maximum Gasteiger partial charge on any atom is 0.411 e. The number of alkyl halides is 3. The molecule has 0 atom stereocenters. The van der Waals surface area contributed by atoms with Crippen LogP contribution in [0.4, 0.5) is 13.2 Å². The third-order valence-electron chi connectivity index (χ3n) is 1.65. The van der Waals surface area contributed by atoms with Crippen molar-refractivity contribution < 1.29 is 23.1 Å². The molecular formula is C8H16F3N3O2. The number of hydrogen-bond acceptors (Lipinski definition) is 4. The van der Waals surface area contributed by atoms with Crippen LogP contribution in [0.25, 0.3) is 0 Å². The molecule has 0 bridgehead atoms. The zero-order valence-corrected chi connectivity index (χ0v) is 9.00. The Morgan fingerprint density at radius 2 is 2.12 bits per heavy atom. The van der Waals surface area contributed by atoms with Crippen molar-refractivity contribution in [3.8, 4) is 0 Å². The molecule has 0 aliphatic heterocycles. The predicted molar refractivity (Wildman–Crippen MR) is 52.4 cm³/mol. The first-order valence-electron chi connectivity index (χ1n) is 4.64. The minimum atomic E-state index is -4.28. The van der Waals surface area contributed by atoms with Gasteiger partial charge in [0.25, 0.3) is 0 Å². The van der Waals surface area contributed by atoms with E-state index in [1.54, 1.807) is 11.9 Å². The highest BCUT2D eigenvalue weighted by Gasteiger charge is 2.27. The summed E-state index contributed by atoms with van der Waals surface area (Å²) in [7, 11) is 1.71. The molecule has 8 heteroatoms. The maximum absolute atomic E-state index is 11.7. The van der Waals surface area contributed by atoms with Crippen molar-refractivity contribution in [1.29, 1.82) is 0 Å². The Hall–Kier alpha value is -1.02. The number of hydrogen-bond donors (Lipinski definition) is 2. The van der Waals surface area contributed by atoms with Gasteiger partial charge in [-0.15, -0.1) is 0 Å². The van der Waals surface area contributed by atoms with Crippen LogP contribution in [-0.2, 0) is 4.74 Å². The fourth-order valence-electron chi connectivity index (χ4n) is 1.01. The van der Waals surface area contributed by atoms with Crippen LogP contribution in [0.5, 0.6) is 0 Å². The van der Waals surface area contributed by atoms with Crippen molar-refractivity contribution in [3.05, 3.63) is 0 Å². The lowest BCUT2D eigenvalue weighted by Gasteiger charge is -2.15. The number of halogens is 3. The van der Waals surface area contributed by atoms with Crippen LogP contribution in [0.3, 0.4) is 0 Å². The Morgan fingerprint density at radius 1 is 1.50 bits per heavy atom. The summed E-state index contributed by atoms with van der Waals surface area (Å²) >= 11 is 0. The average molecular weight is 243 g/mol. The molecule has 0 heterocycles. The zero-order chi connectivity index (χ0) is 12.6. The van der Waals surface area contributed by atoms with Crippen LogP contribution >= 0.6 is 0 Å². The van der Waals surface area contributed by atoms with Crippen LogP contribution < -0.4 is 5.73 Å². The molecule has 3 N–H and O–H groups in total. The fourth-order valence-corrected chi connectivity index (χ4v) is 1.01. The summed E-state index contributed by atoms with van der Waals surface area (Å²) in [5.74, 6) is 0.0544. The fraction of sp³-hybridized carbons (Fsp3) is 0.875. The number of nitrogens with zero attached hydrogens (tertiary/aromatic N) is 2. The first-order valence-corrected chi connectivity index (χ1v) is 4.64. The van der Waals surface area contributed by atoms with E-state index in [1.807, 2.05) is 0 Å². The molecule has 0 aliphatic rings. The van der Waals surface area contributed by atoms with Crippen molar-refractivity contribution in [2.45, 2.75) is 12.6 Å². The summed E-state index contributed by atoms with van der Waals surface area (Å²) < 4.78 is 39.4. The van der Waals surface area contributed by atoms with Gasteiger partial charge in [-0.05, 0) is 13.5 Å². The molecule has 0 aromatic carbocycles. The molecular weight excluding hydrogens is 227 g/mol. The van der Waals surface area contributed by atoms with E-state index >= 15 is 0 Å². The van der Waals surface area contributed by atoms with E-state index < -0.39 is 12.8 Å².